The first-order valence-corrected chi connectivity index (χ1v) is 7.21. The van der Waals surface area contributed by atoms with Crippen molar-refractivity contribution in [2.75, 3.05) is 13.7 Å². The van der Waals surface area contributed by atoms with Gasteiger partial charge >= 0.3 is 0 Å². The lowest BCUT2D eigenvalue weighted by atomic mass is 9.96. The first-order chi connectivity index (χ1) is 10.1. The number of rotatable bonds is 5. The minimum absolute atomic E-state index is 0.177. The molecule has 0 aliphatic rings. The number of benzene rings is 2. The summed E-state index contributed by atoms with van der Waals surface area (Å²) in [7, 11) is 1.67. The van der Waals surface area contributed by atoms with Crippen LogP contribution in [0.5, 0.6) is 5.75 Å². The molecule has 2 rings (SSSR count). The van der Waals surface area contributed by atoms with E-state index in [1.54, 1.807) is 7.11 Å². The maximum absolute atomic E-state index is 13.9. The van der Waals surface area contributed by atoms with Gasteiger partial charge in [0.1, 0.15) is 11.6 Å². The lowest BCUT2D eigenvalue weighted by Crippen LogP contribution is -2.13. The maximum atomic E-state index is 13.9. The van der Waals surface area contributed by atoms with Crippen LogP contribution in [0.4, 0.5) is 4.39 Å². The highest BCUT2D eigenvalue weighted by molar-refractivity contribution is 5.75. The van der Waals surface area contributed by atoms with Gasteiger partial charge in [0.05, 0.1) is 7.11 Å². The minimum atomic E-state index is -0.177. The van der Waals surface area contributed by atoms with E-state index in [4.69, 9.17) is 4.74 Å². The SMILES string of the molecule is CCNCc1cc(-c2c(C)cc(C)cc2OC)ccc1F. The van der Waals surface area contributed by atoms with Crippen molar-refractivity contribution >= 4 is 0 Å². The van der Waals surface area contributed by atoms with Crippen LogP contribution in [0.2, 0.25) is 0 Å². The van der Waals surface area contributed by atoms with E-state index in [0.29, 0.717) is 12.1 Å². The molecule has 0 amide bonds. The molecule has 2 nitrogen and oxygen atoms in total. The zero-order valence-electron chi connectivity index (χ0n) is 13.1. The summed E-state index contributed by atoms with van der Waals surface area (Å²) in [6.45, 7) is 7.45. The highest BCUT2D eigenvalue weighted by Crippen LogP contribution is 2.35. The van der Waals surface area contributed by atoms with E-state index >= 15 is 0 Å². The molecule has 0 unspecified atom stereocenters. The molecule has 0 aromatic heterocycles. The van der Waals surface area contributed by atoms with Crippen LogP contribution in [0, 0.1) is 19.7 Å². The molecule has 0 fully saturated rings. The van der Waals surface area contributed by atoms with Gasteiger partial charge in [-0.1, -0.05) is 19.1 Å². The second-order valence-corrected chi connectivity index (χ2v) is 5.25. The Balaban J connectivity index is 2.51. The Morgan fingerprint density at radius 2 is 1.90 bits per heavy atom. The van der Waals surface area contributed by atoms with Crippen LogP contribution in [0.3, 0.4) is 0 Å². The van der Waals surface area contributed by atoms with Gasteiger partial charge in [-0.3, -0.25) is 0 Å². The number of aryl methyl sites for hydroxylation is 2. The van der Waals surface area contributed by atoms with E-state index in [0.717, 1.165) is 34.5 Å². The number of ether oxygens (including phenoxy) is 1. The molecule has 1 N–H and O–H groups in total. The van der Waals surface area contributed by atoms with Crippen molar-refractivity contribution in [3.05, 3.63) is 52.8 Å². The molecule has 0 saturated carbocycles. The smallest absolute Gasteiger partial charge is 0.127 e. The van der Waals surface area contributed by atoms with E-state index < -0.39 is 0 Å². The predicted molar refractivity (Wildman–Crippen MR) is 85.2 cm³/mol. The van der Waals surface area contributed by atoms with Gasteiger partial charge in [-0.2, -0.15) is 0 Å². The standard InChI is InChI=1S/C18H22FNO/c1-5-20-11-15-10-14(6-7-16(15)19)18-13(3)8-12(2)9-17(18)21-4/h6-10,20H,5,11H2,1-4H3. The Morgan fingerprint density at radius 1 is 1.14 bits per heavy atom. The molecule has 0 spiro atoms. The molecule has 0 aliphatic heterocycles. The van der Waals surface area contributed by atoms with Gasteiger partial charge < -0.3 is 10.1 Å². The van der Waals surface area contributed by atoms with Crippen LogP contribution in [0.15, 0.2) is 30.3 Å². The van der Waals surface area contributed by atoms with Gasteiger partial charge in [-0.05, 0) is 55.3 Å². The molecular formula is C18H22FNO. The average molecular weight is 287 g/mol. The van der Waals surface area contributed by atoms with Crippen LogP contribution >= 0.6 is 0 Å². The van der Waals surface area contributed by atoms with Crippen LogP contribution in [0.25, 0.3) is 11.1 Å². The molecule has 3 heteroatoms. The molecule has 0 atom stereocenters. The average Bonchev–Trinajstić information content (AvgIpc) is 2.46. The van der Waals surface area contributed by atoms with Crippen LogP contribution < -0.4 is 10.1 Å². The van der Waals surface area contributed by atoms with Crippen molar-refractivity contribution in [1.82, 2.24) is 5.32 Å². The number of hydrogen-bond donors (Lipinski definition) is 1. The van der Waals surface area contributed by atoms with Crippen LogP contribution in [-0.2, 0) is 6.54 Å². The number of methoxy groups -OCH3 is 1. The van der Waals surface area contributed by atoms with Crippen LogP contribution in [0.1, 0.15) is 23.6 Å². The monoisotopic (exact) mass is 287 g/mol. The highest BCUT2D eigenvalue weighted by Gasteiger charge is 2.12. The Labute approximate surface area is 126 Å². The first kappa shape index (κ1) is 15.5. The molecule has 0 bridgehead atoms. The summed E-state index contributed by atoms with van der Waals surface area (Å²) in [6.07, 6.45) is 0. The molecular weight excluding hydrogens is 265 g/mol. The van der Waals surface area contributed by atoms with Gasteiger partial charge in [0.15, 0.2) is 0 Å². The van der Waals surface area contributed by atoms with E-state index in [2.05, 4.69) is 18.3 Å². The fourth-order valence-corrected chi connectivity index (χ4v) is 2.58. The zero-order chi connectivity index (χ0) is 15.4. The van der Waals surface area contributed by atoms with Crippen molar-refractivity contribution < 1.29 is 9.13 Å². The molecule has 0 saturated heterocycles. The van der Waals surface area contributed by atoms with Crippen molar-refractivity contribution in [3.8, 4) is 16.9 Å². The van der Waals surface area contributed by atoms with Crippen molar-refractivity contribution in [2.45, 2.75) is 27.3 Å². The summed E-state index contributed by atoms with van der Waals surface area (Å²) in [4.78, 5) is 0. The minimum Gasteiger partial charge on any atom is -0.496 e. The summed E-state index contributed by atoms with van der Waals surface area (Å²) in [5.74, 6) is 0.650. The Morgan fingerprint density at radius 3 is 2.57 bits per heavy atom. The molecule has 0 heterocycles. The number of nitrogens with one attached hydrogen (secondary N) is 1. The van der Waals surface area contributed by atoms with Crippen molar-refractivity contribution in [2.24, 2.45) is 0 Å². The van der Waals surface area contributed by atoms with E-state index in [1.807, 2.05) is 32.0 Å². The van der Waals surface area contributed by atoms with Gasteiger partial charge in [-0.25, -0.2) is 4.39 Å². The van der Waals surface area contributed by atoms with Crippen LogP contribution in [-0.4, -0.2) is 13.7 Å². The summed E-state index contributed by atoms with van der Waals surface area (Å²) < 4.78 is 19.4. The van der Waals surface area contributed by atoms with Gasteiger partial charge in [0.25, 0.3) is 0 Å². The summed E-state index contributed by atoms with van der Waals surface area (Å²) >= 11 is 0. The third-order valence-corrected chi connectivity index (χ3v) is 3.56. The maximum Gasteiger partial charge on any atom is 0.127 e. The fraction of sp³-hybridized carbons (Fsp3) is 0.333. The Kier molecular flexibility index (Phi) is 4.97. The third-order valence-electron chi connectivity index (χ3n) is 3.56. The molecule has 0 aliphatic carbocycles. The van der Waals surface area contributed by atoms with Gasteiger partial charge in [0, 0.05) is 17.7 Å². The summed E-state index contributed by atoms with van der Waals surface area (Å²) in [6, 6.07) is 9.37. The van der Waals surface area contributed by atoms with E-state index in [-0.39, 0.29) is 5.82 Å². The van der Waals surface area contributed by atoms with Crippen molar-refractivity contribution in [3.63, 3.8) is 0 Å². The molecule has 2 aromatic carbocycles. The molecule has 112 valence electrons. The Hall–Kier alpha value is -1.87. The second kappa shape index (κ2) is 6.72. The number of halogens is 1. The molecule has 0 radical (unpaired) electrons. The second-order valence-electron chi connectivity index (χ2n) is 5.25. The summed E-state index contributed by atoms with van der Waals surface area (Å²) in [5, 5.41) is 3.17. The largest absolute Gasteiger partial charge is 0.496 e. The lowest BCUT2D eigenvalue weighted by Gasteiger charge is -2.15. The van der Waals surface area contributed by atoms with E-state index in [1.165, 1.54) is 6.07 Å². The highest BCUT2D eigenvalue weighted by atomic mass is 19.1. The number of hydrogen-bond acceptors (Lipinski definition) is 2. The Bertz CT molecular complexity index is 637. The van der Waals surface area contributed by atoms with Crippen molar-refractivity contribution in [1.29, 1.82) is 0 Å². The normalized spacial score (nSPS) is 10.7. The molecule has 21 heavy (non-hydrogen) atoms. The third kappa shape index (κ3) is 3.42. The van der Waals surface area contributed by atoms with E-state index in [9.17, 15) is 4.39 Å². The quantitative estimate of drug-likeness (QED) is 0.888. The molecule has 2 aromatic rings. The zero-order valence-corrected chi connectivity index (χ0v) is 13.1. The fourth-order valence-electron chi connectivity index (χ4n) is 2.58. The lowest BCUT2D eigenvalue weighted by molar-refractivity contribution is 0.416. The van der Waals surface area contributed by atoms with Gasteiger partial charge in [0.2, 0.25) is 0 Å². The summed E-state index contributed by atoms with van der Waals surface area (Å²) in [5.41, 5.74) is 4.98. The van der Waals surface area contributed by atoms with Gasteiger partial charge in [-0.15, -0.1) is 0 Å². The first-order valence-electron chi connectivity index (χ1n) is 7.21. The topological polar surface area (TPSA) is 21.3 Å². The predicted octanol–water partition coefficient (Wildman–Crippen LogP) is 4.23.